The Morgan fingerprint density at radius 3 is 2.67 bits per heavy atom. The predicted molar refractivity (Wildman–Crippen MR) is 143 cm³/mol. The van der Waals surface area contributed by atoms with E-state index in [1.165, 1.54) is 67.0 Å². The number of ether oxygens (including phenoxy) is 1. The lowest BCUT2D eigenvalue weighted by molar-refractivity contribution is 0.0165. The van der Waals surface area contributed by atoms with Gasteiger partial charge >= 0.3 is 0 Å². The highest BCUT2D eigenvalue weighted by atomic mass is 32.1. The number of methoxy groups -OCH3 is 1. The van der Waals surface area contributed by atoms with Crippen LogP contribution >= 0.6 is 11.3 Å². The van der Waals surface area contributed by atoms with Crippen LogP contribution in [0, 0.1) is 5.41 Å². The molecule has 1 saturated heterocycles. The highest BCUT2D eigenvalue weighted by molar-refractivity contribution is 7.18. The third-order valence-electron chi connectivity index (χ3n) is 8.74. The normalized spacial score (nSPS) is 24.0. The molecule has 2 aliphatic carbocycles. The molecule has 0 amide bonds. The van der Waals surface area contributed by atoms with Gasteiger partial charge in [-0.1, -0.05) is 13.8 Å². The molecule has 5 heterocycles. The molecule has 8 nitrogen and oxygen atoms in total. The van der Waals surface area contributed by atoms with Crippen molar-refractivity contribution in [2.45, 2.75) is 76.3 Å². The molecule has 4 aromatic rings. The maximum Gasteiger partial charge on any atom is 0.197 e. The summed E-state index contributed by atoms with van der Waals surface area (Å²) in [6.45, 7) is 6.96. The van der Waals surface area contributed by atoms with Crippen molar-refractivity contribution in [1.29, 1.82) is 0 Å². The van der Waals surface area contributed by atoms with Crippen LogP contribution in [-0.2, 0) is 0 Å². The Kier molecular flexibility index (Phi) is 5.38. The zero-order chi connectivity index (χ0) is 24.4. The van der Waals surface area contributed by atoms with Gasteiger partial charge < -0.3 is 20.4 Å². The molecule has 9 heteroatoms. The number of pyridine rings is 1. The van der Waals surface area contributed by atoms with Crippen molar-refractivity contribution in [2.24, 2.45) is 5.41 Å². The minimum atomic E-state index is 0.345. The number of aromatic amines is 1. The van der Waals surface area contributed by atoms with Gasteiger partial charge in [0.1, 0.15) is 16.7 Å². The van der Waals surface area contributed by atoms with Crippen LogP contribution in [-0.4, -0.2) is 56.8 Å². The standard InChI is InChI=1S/C27H35N7OS/c1-15(2)21-22(17-8-20(35-3)24-29-14-30-34(24)11-17)32-26-23(21)33-25(36-26)16-4-6-18(7-5-16)31-19-9-27(10-19)12-28-13-27/h8,11,14-16,18-19,28,31-32H,4-7,9-10,12-13H2,1-3H3. The maximum atomic E-state index is 5.61. The molecule has 0 unspecified atom stereocenters. The summed E-state index contributed by atoms with van der Waals surface area (Å²) in [4.78, 5) is 14.5. The summed E-state index contributed by atoms with van der Waals surface area (Å²) in [5, 5.41) is 13.1. The molecule has 0 bridgehead atoms. The van der Waals surface area contributed by atoms with Crippen LogP contribution in [0.1, 0.15) is 74.8 Å². The van der Waals surface area contributed by atoms with E-state index < -0.39 is 0 Å². The molecule has 3 N–H and O–H groups in total. The maximum absolute atomic E-state index is 5.61. The van der Waals surface area contributed by atoms with Crippen molar-refractivity contribution in [3.8, 4) is 17.0 Å². The Bertz CT molecular complexity index is 1400. The first-order valence-corrected chi connectivity index (χ1v) is 14.2. The van der Waals surface area contributed by atoms with E-state index in [1.807, 2.05) is 23.6 Å². The number of hydrogen-bond acceptors (Lipinski definition) is 7. The van der Waals surface area contributed by atoms with E-state index in [0.29, 0.717) is 23.3 Å². The molecule has 2 saturated carbocycles. The summed E-state index contributed by atoms with van der Waals surface area (Å²) in [5.41, 5.74) is 5.93. The number of hydrogen-bond donors (Lipinski definition) is 3. The van der Waals surface area contributed by atoms with Crippen molar-refractivity contribution < 1.29 is 4.74 Å². The average Bonchev–Trinajstić information content (AvgIpc) is 3.53. The fourth-order valence-corrected chi connectivity index (χ4v) is 7.92. The molecule has 0 atom stereocenters. The number of H-pyrrole nitrogens is 1. The number of thiazole rings is 1. The molecule has 3 aliphatic rings. The summed E-state index contributed by atoms with van der Waals surface area (Å²) in [6.07, 6.45) is 11.3. The van der Waals surface area contributed by atoms with Crippen molar-refractivity contribution in [1.82, 2.24) is 35.2 Å². The van der Waals surface area contributed by atoms with E-state index in [1.54, 1.807) is 18.0 Å². The monoisotopic (exact) mass is 505 g/mol. The van der Waals surface area contributed by atoms with Gasteiger partial charge in [0.15, 0.2) is 11.4 Å². The summed E-state index contributed by atoms with van der Waals surface area (Å²) in [7, 11) is 1.68. The summed E-state index contributed by atoms with van der Waals surface area (Å²) >= 11 is 1.85. The van der Waals surface area contributed by atoms with Crippen LogP contribution in [0.5, 0.6) is 5.75 Å². The van der Waals surface area contributed by atoms with Crippen LogP contribution < -0.4 is 15.4 Å². The smallest absolute Gasteiger partial charge is 0.197 e. The SMILES string of the molecule is COc1cc(-c2[nH]c3sc(C4CCC(NC5CC6(CNC6)C5)CC4)nc3c2C(C)C)cn2ncnc12. The predicted octanol–water partition coefficient (Wildman–Crippen LogP) is 4.83. The molecule has 0 radical (unpaired) electrons. The molecule has 190 valence electrons. The van der Waals surface area contributed by atoms with E-state index in [0.717, 1.165) is 34.2 Å². The van der Waals surface area contributed by atoms with Gasteiger partial charge in [0.05, 0.1) is 17.8 Å². The average molecular weight is 506 g/mol. The third-order valence-corrected chi connectivity index (χ3v) is 9.87. The summed E-state index contributed by atoms with van der Waals surface area (Å²) in [5.74, 6) is 1.64. The Hall–Kier alpha value is -2.49. The fourth-order valence-electron chi connectivity index (χ4n) is 6.76. The first kappa shape index (κ1) is 22.7. The van der Waals surface area contributed by atoms with E-state index in [4.69, 9.17) is 9.72 Å². The molecular formula is C27H35N7OS. The molecular weight excluding hydrogens is 470 g/mol. The summed E-state index contributed by atoms with van der Waals surface area (Å²) < 4.78 is 7.39. The van der Waals surface area contributed by atoms with Crippen LogP contribution in [0.3, 0.4) is 0 Å². The second-order valence-electron chi connectivity index (χ2n) is 11.5. The van der Waals surface area contributed by atoms with E-state index in [2.05, 4.69) is 39.5 Å². The highest BCUT2D eigenvalue weighted by Crippen LogP contribution is 2.46. The number of fused-ring (bicyclic) bond motifs is 2. The van der Waals surface area contributed by atoms with Crippen LogP contribution in [0.2, 0.25) is 0 Å². The van der Waals surface area contributed by atoms with E-state index in [-0.39, 0.29) is 0 Å². The van der Waals surface area contributed by atoms with Crippen molar-refractivity contribution in [3.05, 3.63) is 29.2 Å². The topological polar surface area (TPSA) is 92.2 Å². The van der Waals surface area contributed by atoms with Crippen LogP contribution in [0.15, 0.2) is 18.6 Å². The van der Waals surface area contributed by atoms with Gasteiger partial charge in [-0.3, -0.25) is 0 Å². The van der Waals surface area contributed by atoms with Crippen LogP contribution in [0.4, 0.5) is 0 Å². The molecule has 1 spiro atoms. The zero-order valence-corrected chi connectivity index (χ0v) is 22.1. The minimum absolute atomic E-state index is 0.345. The molecule has 36 heavy (non-hydrogen) atoms. The van der Waals surface area contributed by atoms with Gasteiger partial charge in [0.25, 0.3) is 0 Å². The molecule has 1 aliphatic heterocycles. The minimum Gasteiger partial charge on any atom is -0.493 e. The van der Waals surface area contributed by atoms with Crippen molar-refractivity contribution >= 4 is 27.3 Å². The first-order chi connectivity index (χ1) is 17.5. The van der Waals surface area contributed by atoms with Crippen molar-refractivity contribution in [3.63, 3.8) is 0 Å². The Balaban J connectivity index is 1.10. The van der Waals surface area contributed by atoms with Crippen LogP contribution in [0.25, 0.3) is 27.3 Å². The van der Waals surface area contributed by atoms with Gasteiger partial charge in [-0.15, -0.1) is 11.3 Å². The number of rotatable bonds is 6. The van der Waals surface area contributed by atoms with Gasteiger partial charge in [0.2, 0.25) is 0 Å². The summed E-state index contributed by atoms with van der Waals surface area (Å²) in [6, 6.07) is 3.47. The first-order valence-electron chi connectivity index (χ1n) is 13.4. The Morgan fingerprint density at radius 2 is 1.97 bits per heavy atom. The second kappa shape index (κ2) is 8.53. The lowest BCUT2D eigenvalue weighted by atomic mass is 9.61. The highest BCUT2D eigenvalue weighted by Gasteiger charge is 2.48. The fraction of sp³-hybridized carbons (Fsp3) is 0.593. The van der Waals surface area contributed by atoms with E-state index >= 15 is 0 Å². The molecule has 3 fully saturated rings. The third kappa shape index (κ3) is 3.66. The van der Waals surface area contributed by atoms with E-state index in [9.17, 15) is 0 Å². The molecule has 4 aromatic heterocycles. The molecule has 7 rings (SSSR count). The number of nitrogens with one attached hydrogen (secondary N) is 3. The Morgan fingerprint density at radius 1 is 1.17 bits per heavy atom. The lowest BCUT2D eigenvalue weighted by Gasteiger charge is -2.55. The number of nitrogens with zero attached hydrogens (tertiary/aromatic N) is 4. The zero-order valence-electron chi connectivity index (χ0n) is 21.3. The Labute approximate surface area is 215 Å². The van der Waals surface area contributed by atoms with Gasteiger partial charge in [-0.05, 0) is 55.9 Å². The quantitative estimate of drug-likeness (QED) is 0.348. The van der Waals surface area contributed by atoms with Gasteiger partial charge in [-0.2, -0.15) is 5.10 Å². The lowest BCUT2D eigenvalue weighted by Crippen LogP contribution is -2.65. The van der Waals surface area contributed by atoms with Gasteiger partial charge in [0, 0.05) is 48.4 Å². The van der Waals surface area contributed by atoms with Gasteiger partial charge in [-0.25, -0.2) is 14.5 Å². The second-order valence-corrected chi connectivity index (χ2v) is 12.6. The van der Waals surface area contributed by atoms with Crippen molar-refractivity contribution in [2.75, 3.05) is 20.2 Å². The number of aromatic nitrogens is 5. The molecule has 0 aromatic carbocycles. The largest absolute Gasteiger partial charge is 0.493 e.